The summed E-state index contributed by atoms with van der Waals surface area (Å²) in [5.41, 5.74) is 3.49. The highest BCUT2D eigenvalue weighted by atomic mass is 16.6. The maximum absolute atomic E-state index is 13.1. The lowest BCUT2D eigenvalue weighted by Gasteiger charge is -2.13. The Morgan fingerprint density at radius 1 is 0.815 bits per heavy atom. The molecule has 0 aliphatic heterocycles. The van der Waals surface area contributed by atoms with E-state index in [1.807, 2.05) is 12.1 Å². The van der Waals surface area contributed by atoms with Gasteiger partial charge in [0.2, 0.25) is 0 Å². The summed E-state index contributed by atoms with van der Waals surface area (Å²) in [6.45, 7) is 0. The number of nitro benzene ring substituents is 1. The van der Waals surface area contributed by atoms with Crippen molar-refractivity contribution in [1.29, 1.82) is 0 Å². The molecule has 0 saturated heterocycles. The summed E-state index contributed by atoms with van der Waals surface area (Å²) in [6.07, 6.45) is 0.778. The van der Waals surface area contributed by atoms with Crippen molar-refractivity contribution >= 4 is 17.3 Å². The van der Waals surface area contributed by atoms with Gasteiger partial charge in [-0.2, -0.15) is 0 Å². The number of Topliss-reactive ketones (excluding diaryl/α,β-unsaturated/α-hetero) is 1. The molecule has 0 spiro atoms. The van der Waals surface area contributed by atoms with Crippen molar-refractivity contribution in [3.05, 3.63) is 81.0 Å². The molecule has 0 fully saturated rings. The Morgan fingerprint density at radius 2 is 1.48 bits per heavy atom. The molecule has 130 valence electrons. The number of rotatable bonds is 2. The number of aromatic nitrogens is 1. The summed E-state index contributed by atoms with van der Waals surface area (Å²) in [6, 6.07) is 13.4. The molecule has 1 heterocycles. The number of carbonyl (C=O) groups is 2. The largest absolute Gasteiger partial charge is 0.294 e. The molecule has 2 aliphatic carbocycles. The number of pyridine rings is 1. The molecule has 6 nitrogen and oxygen atoms in total. The molecule has 0 amide bonds. The lowest BCUT2D eigenvalue weighted by atomic mass is 9.91. The molecule has 2 aliphatic rings. The van der Waals surface area contributed by atoms with Crippen LogP contribution in [0.25, 0.3) is 22.4 Å². The number of benzene rings is 2. The fourth-order valence-electron chi connectivity index (χ4n) is 4.02. The standard InChI is InChI=1S/C21H12N2O4/c24-16-10-9-14-18(16)17(13-7-3-4-8-15(13)23(26)27)19-20(22-14)11-5-1-2-6-12(11)21(19)25/h1-8H,9-10H2. The number of nitro groups is 1. The number of hydrogen-bond donors (Lipinski definition) is 0. The van der Waals surface area contributed by atoms with Gasteiger partial charge in [0.15, 0.2) is 11.6 Å². The van der Waals surface area contributed by atoms with Crippen LogP contribution >= 0.6 is 0 Å². The molecule has 3 aromatic rings. The molecule has 0 atom stereocenters. The Bertz CT molecular complexity index is 1200. The number of carbonyl (C=O) groups excluding carboxylic acids is 2. The summed E-state index contributed by atoms with van der Waals surface area (Å²) in [7, 11) is 0. The SMILES string of the molecule is O=C1CCc2nc3c(c(-c4ccccc4[N+](=O)[O-])c21)C(=O)c1ccccc1-3. The van der Waals surface area contributed by atoms with E-state index in [9.17, 15) is 19.7 Å². The Morgan fingerprint density at radius 3 is 2.22 bits per heavy atom. The van der Waals surface area contributed by atoms with Crippen molar-refractivity contribution in [1.82, 2.24) is 4.98 Å². The van der Waals surface area contributed by atoms with Gasteiger partial charge in [-0.3, -0.25) is 24.7 Å². The van der Waals surface area contributed by atoms with Gasteiger partial charge in [0.25, 0.3) is 5.69 Å². The topological polar surface area (TPSA) is 90.2 Å². The Kier molecular flexibility index (Phi) is 3.12. The molecule has 6 heteroatoms. The smallest absolute Gasteiger partial charge is 0.277 e. The van der Waals surface area contributed by atoms with Crippen LogP contribution < -0.4 is 0 Å². The molecule has 0 bridgehead atoms. The third kappa shape index (κ3) is 2.04. The van der Waals surface area contributed by atoms with Crippen LogP contribution in [-0.4, -0.2) is 21.5 Å². The van der Waals surface area contributed by atoms with Crippen molar-refractivity contribution < 1.29 is 14.5 Å². The maximum Gasteiger partial charge on any atom is 0.277 e. The fraction of sp³-hybridized carbons (Fsp3) is 0.0952. The molecule has 5 rings (SSSR count). The second-order valence-electron chi connectivity index (χ2n) is 6.60. The highest BCUT2D eigenvalue weighted by Gasteiger charge is 2.38. The molecular formula is C21H12N2O4. The van der Waals surface area contributed by atoms with Gasteiger partial charge in [0, 0.05) is 34.7 Å². The van der Waals surface area contributed by atoms with E-state index < -0.39 is 4.92 Å². The van der Waals surface area contributed by atoms with Crippen LogP contribution in [0.15, 0.2) is 48.5 Å². The number of nitrogens with zero attached hydrogens (tertiary/aromatic N) is 2. The van der Waals surface area contributed by atoms with E-state index in [0.29, 0.717) is 52.0 Å². The molecule has 1 aromatic heterocycles. The maximum atomic E-state index is 13.1. The number of ketones is 2. The van der Waals surface area contributed by atoms with Crippen molar-refractivity contribution in [2.75, 3.05) is 0 Å². The molecule has 2 aromatic carbocycles. The number of fused-ring (bicyclic) bond motifs is 4. The van der Waals surface area contributed by atoms with Crippen LogP contribution in [0.3, 0.4) is 0 Å². The first-order valence-corrected chi connectivity index (χ1v) is 8.56. The first kappa shape index (κ1) is 15.6. The monoisotopic (exact) mass is 356 g/mol. The summed E-state index contributed by atoms with van der Waals surface area (Å²) < 4.78 is 0. The van der Waals surface area contributed by atoms with Crippen LogP contribution in [0.5, 0.6) is 0 Å². The van der Waals surface area contributed by atoms with Crippen molar-refractivity contribution in [2.45, 2.75) is 12.8 Å². The summed E-state index contributed by atoms with van der Waals surface area (Å²) in [5.74, 6) is -0.374. The zero-order valence-corrected chi connectivity index (χ0v) is 14.1. The minimum atomic E-state index is -0.486. The normalized spacial score (nSPS) is 14.1. The zero-order valence-electron chi connectivity index (χ0n) is 14.1. The molecule has 0 radical (unpaired) electrons. The van der Waals surface area contributed by atoms with Crippen LogP contribution in [-0.2, 0) is 6.42 Å². The first-order valence-electron chi connectivity index (χ1n) is 8.56. The summed E-state index contributed by atoms with van der Waals surface area (Å²) in [4.78, 5) is 41.5. The molecule has 0 N–H and O–H groups in total. The van der Waals surface area contributed by atoms with E-state index in [1.54, 1.807) is 30.3 Å². The molecule has 0 unspecified atom stereocenters. The molecular weight excluding hydrogens is 344 g/mol. The van der Waals surface area contributed by atoms with Gasteiger partial charge in [-0.25, -0.2) is 0 Å². The van der Waals surface area contributed by atoms with E-state index in [0.717, 1.165) is 0 Å². The highest BCUT2D eigenvalue weighted by Crippen LogP contribution is 2.46. The minimum absolute atomic E-state index is 0.128. The fourth-order valence-corrected chi connectivity index (χ4v) is 4.02. The van der Waals surface area contributed by atoms with Crippen molar-refractivity contribution in [3.63, 3.8) is 0 Å². The van der Waals surface area contributed by atoms with Crippen molar-refractivity contribution in [2.24, 2.45) is 0 Å². The van der Waals surface area contributed by atoms with E-state index >= 15 is 0 Å². The van der Waals surface area contributed by atoms with Crippen LogP contribution in [0, 0.1) is 10.1 Å². The quantitative estimate of drug-likeness (QED) is 0.400. The Balaban J connectivity index is 1.94. The number of para-hydroxylation sites is 1. The summed E-state index contributed by atoms with van der Waals surface area (Å²) >= 11 is 0. The van der Waals surface area contributed by atoms with E-state index in [-0.39, 0.29) is 22.8 Å². The van der Waals surface area contributed by atoms with Gasteiger partial charge in [0.05, 0.1) is 27.4 Å². The predicted octanol–water partition coefficient (Wildman–Crippen LogP) is 4.00. The van der Waals surface area contributed by atoms with Crippen molar-refractivity contribution in [3.8, 4) is 22.4 Å². The van der Waals surface area contributed by atoms with Gasteiger partial charge in [-0.15, -0.1) is 0 Å². The molecule has 27 heavy (non-hydrogen) atoms. The highest BCUT2D eigenvalue weighted by molar-refractivity contribution is 6.26. The Hall–Kier alpha value is -3.67. The van der Waals surface area contributed by atoms with Gasteiger partial charge >= 0.3 is 0 Å². The van der Waals surface area contributed by atoms with E-state index in [4.69, 9.17) is 0 Å². The van der Waals surface area contributed by atoms with Crippen LogP contribution in [0.4, 0.5) is 5.69 Å². The number of aryl methyl sites for hydroxylation is 1. The second-order valence-corrected chi connectivity index (χ2v) is 6.60. The molecule has 0 saturated carbocycles. The van der Waals surface area contributed by atoms with Gasteiger partial charge in [-0.1, -0.05) is 36.4 Å². The average molecular weight is 356 g/mol. The van der Waals surface area contributed by atoms with Gasteiger partial charge in [0.1, 0.15) is 0 Å². The van der Waals surface area contributed by atoms with Crippen LogP contribution in [0.1, 0.15) is 38.4 Å². The lowest BCUT2D eigenvalue weighted by Crippen LogP contribution is -2.07. The van der Waals surface area contributed by atoms with Crippen LogP contribution in [0.2, 0.25) is 0 Å². The third-order valence-corrected chi connectivity index (χ3v) is 5.16. The average Bonchev–Trinajstić information content (AvgIpc) is 3.19. The van der Waals surface area contributed by atoms with Gasteiger partial charge in [-0.05, 0) is 12.5 Å². The third-order valence-electron chi connectivity index (χ3n) is 5.16. The zero-order chi connectivity index (χ0) is 18.7. The minimum Gasteiger partial charge on any atom is -0.294 e. The first-order chi connectivity index (χ1) is 13.1. The Labute approximate surface area is 153 Å². The van der Waals surface area contributed by atoms with Gasteiger partial charge < -0.3 is 0 Å². The van der Waals surface area contributed by atoms with E-state index in [2.05, 4.69) is 4.98 Å². The van der Waals surface area contributed by atoms with E-state index in [1.165, 1.54) is 6.07 Å². The predicted molar refractivity (Wildman–Crippen MR) is 97.8 cm³/mol. The second kappa shape index (κ2) is 5.41. The number of hydrogen-bond acceptors (Lipinski definition) is 5. The lowest BCUT2D eigenvalue weighted by molar-refractivity contribution is -0.384. The summed E-state index contributed by atoms with van der Waals surface area (Å²) in [5, 5.41) is 11.6.